The molecule has 150 valence electrons. The van der Waals surface area contributed by atoms with Crippen molar-refractivity contribution in [3.05, 3.63) is 53.6 Å². The monoisotopic (exact) mass is 428 g/mol. The zero-order chi connectivity index (χ0) is 20.0. The van der Waals surface area contributed by atoms with Crippen LogP contribution >= 0.6 is 11.7 Å². The summed E-state index contributed by atoms with van der Waals surface area (Å²) in [6, 6.07) is 12.6. The van der Waals surface area contributed by atoms with E-state index in [-0.39, 0.29) is 23.4 Å². The van der Waals surface area contributed by atoms with E-state index in [1.165, 1.54) is 0 Å². The fourth-order valence-corrected chi connectivity index (χ4v) is 5.75. The van der Waals surface area contributed by atoms with Crippen molar-refractivity contribution in [3.8, 4) is 0 Å². The summed E-state index contributed by atoms with van der Waals surface area (Å²) >= 11 is 1.01. The third-order valence-electron chi connectivity index (χ3n) is 5.26. The van der Waals surface area contributed by atoms with Gasteiger partial charge in [0, 0.05) is 24.2 Å². The maximum atomic E-state index is 13.4. The zero-order valence-corrected chi connectivity index (χ0v) is 17.2. The number of rotatable bonds is 7. The van der Waals surface area contributed by atoms with E-state index >= 15 is 0 Å². The minimum Gasteiger partial charge on any atom is -0.349 e. The number of aromatic nitrogens is 2. The first-order chi connectivity index (χ1) is 14.0. The van der Waals surface area contributed by atoms with Crippen LogP contribution in [0.5, 0.6) is 0 Å². The van der Waals surface area contributed by atoms with E-state index in [4.69, 9.17) is 0 Å². The van der Waals surface area contributed by atoms with Crippen LogP contribution < -0.4 is 5.32 Å². The summed E-state index contributed by atoms with van der Waals surface area (Å²) in [6.07, 6.45) is 3.79. The molecule has 1 N–H and O–H groups in total. The summed E-state index contributed by atoms with van der Waals surface area (Å²) in [6.45, 7) is 0.269. The Kier molecular flexibility index (Phi) is 4.60. The molecule has 2 aliphatic rings. The molecule has 9 heteroatoms. The lowest BCUT2D eigenvalue weighted by atomic mass is 10.1. The Balaban J connectivity index is 1.40. The van der Waals surface area contributed by atoms with Crippen molar-refractivity contribution in [1.29, 1.82) is 0 Å². The second kappa shape index (κ2) is 7.16. The number of nitrogens with zero attached hydrogens (tertiary/aromatic N) is 3. The van der Waals surface area contributed by atoms with Crippen LogP contribution in [0.1, 0.15) is 41.6 Å². The number of nitrogens with one attached hydrogen (secondary N) is 1. The maximum absolute atomic E-state index is 13.4. The Labute approximate surface area is 173 Å². The molecule has 1 heterocycles. The highest BCUT2D eigenvalue weighted by Gasteiger charge is 2.39. The SMILES string of the molecule is O=C(NC1CC1)c1ccc(CN(C2CC2)S(=O)(=O)c2cccc3nsnc23)cc1. The van der Waals surface area contributed by atoms with Crippen LogP contribution in [0.4, 0.5) is 0 Å². The van der Waals surface area contributed by atoms with Gasteiger partial charge in [0.15, 0.2) is 0 Å². The van der Waals surface area contributed by atoms with Crippen molar-refractivity contribution >= 4 is 38.7 Å². The van der Waals surface area contributed by atoms with Gasteiger partial charge in [-0.2, -0.15) is 13.1 Å². The summed E-state index contributed by atoms with van der Waals surface area (Å²) in [5, 5.41) is 2.96. The number of benzene rings is 2. The van der Waals surface area contributed by atoms with Gasteiger partial charge < -0.3 is 5.32 Å². The van der Waals surface area contributed by atoms with Gasteiger partial charge >= 0.3 is 0 Å². The molecule has 0 atom stereocenters. The van der Waals surface area contributed by atoms with Gasteiger partial charge in [-0.1, -0.05) is 18.2 Å². The van der Waals surface area contributed by atoms with Crippen molar-refractivity contribution in [2.45, 2.75) is 49.2 Å². The van der Waals surface area contributed by atoms with E-state index < -0.39 is 10.0 Å². The predicted molar refractivity (Wildman–Crippen MR) is 110 cm³/mol. The average Bonchev–Trinajstić information content (AvgIpc) is 3.65. The Morgan fingerprint density at radius 2 is 1.83 bits per heavy atom. The Morgan fingerprint density at radius 1 is 1.07 bits per heavy atom. The average molecular weight is 429 g/mol. The van der Waals surface area contributed by atoms with Crippen LogP contribution in [-0.4, -0.2) is 39.5 Å². The van der Waals surface area contributed by atoms with Crippen LogP contribution in [0.3, 0.4) is 0 Å². The van der Waals surface area contributed by atoms with Gasteiger partial charge in [-0.05, 0) is 55.5 Å². The molecule has 1 aromatic heterocycles. The number of fused-ring (bicyclic) bond motifs is 1. The standard InChI is InChI=1S/C20H20N4O3S2/c25-20(21-15-8-9-15)14-6-4-13(5-7-14)12-24(16-10-11-16)29(26,27)18-3-1-2-17-19(18)23-28-22-17/h1-7,15-16H,8-12H2,(H,21,25). The molecule has 2 aliphatic carbocycles. The highest BCUT2D eigenvalue weighted by Crippen LogP contribution is 2.35. The lowest BCUT2D eigenvalue weighted by Crippen LogP contribution is -2.33. The molecular weight excluding hydrogens is 408 g/mol. The van der Waals surface area contributed by atoms with E-state index in [9.17, 15) is 13.2 Å². The van der Waals surface area contributed by atoms with Crippen LogP contribution in [0, 0.1) is 0 Å². The molecule has 0 unspecified atom stereocenters. The number of hydrogen-bond donors (Lipinski definition) is 1. The number of sulfonamides is 1. The minimum atomic E-state index is -3.71. The Hall–Kier alpha value is -2.36. The summed E-state index contributed by atoms with van der Waals surface area (Å²) in [5.74, 6) is -0.0755. The quantitative estimate of drug-likeness (QED) is 0.625. The molecule has 0 radical (unpaired) electrons. The summed E-state index contributed by atoms with van der Waals surface area (Å²) in [5.41, 5.74) is 2.47. The lowest BCUT2D eigenvalue weighted by molar-refractivity contribution is 0.0951. The molecule has 1 amide bonds. The number of hydrogen-bond acceptors (Lipinski definition) is 6. The molecule has 2 aromatic carbocycles. The van der Waals surface area contributed by atoms with Crippen LogP contribution in [0.15, 0.2) is 47.4 Å². The molecule has 0 spiro atoms. The zero-order valence-electron chi connectivity index (χ0n) is 15.6. The topological polar surface area (TPSA) is 92.3 Å². The minimum absolute atomic E-state index is 0.000284. The van der Waals surface area contributed by atoms with E-state index in [0.29, 0.717) is 22.6 Å². The van der Waals surface area contributed by atoms with Crippen molar-refractivity contribution in [2.24, 2.45) is 0 Å². The number of carbonyl (C=O) groups is 1. The fraction of sp³-hybridized carbons (Fsp3) is 0.350. The van der Waals surface area contributed by atoms with E-state index in [0.717, 1.165) is 43.0 Å². The number of amides is 1. The van der Waals surface area contributed by atoms with E-state index in [1.807, 2.05) is 12.1 Å². The summed E-state index contributed by atoms with van der Waals surface area (Å²) < 4.78 is 36.8. The third-order valence-corrected chi connectivity index (χ3v) is 7.73. The normalized spacial score (nSPS) is 17.0. The molecule has 29 heavy (non-hydrogen) atoms. The highest BCUT2D eigenvalue weighted by atomic mass is 32.2. The molecule has 0 aliphatic heterocycles. The fourth-order valence-electron chi connectivity index (χ4n) is 3.33. The van der Waals surface area contributed by atoms with Crippen LogP contribution in [0.2, 0.25) is 0 Å². The van der Waals surface area contributed by atoms with Gasteiger partial charge in [-0.25, -0.2) is 8.42 Å². The van der Waals surface area contributed by atoms with E-state index in [1.54, 1.807) is 34.6 Å². The first kappa shape index (κ1) is 18.7. The second-order valence-electron chi connectivity index (χ2n) is 7.61. The Morgan fingerprint density at radius 3 is 2.52 bits per heavy atom. The Bertz CT molecular complexity index is 1170. The predicted octanol–water partition coefficient (Wildman–Crippen LogP) is 2.94. The van der Waals surface area contributed by atoms with Gasteiger partial charge in [0.05, 0.1) is 11.7 Å². The molecule has 2 saturated carbocycles. The van der Waals surface area contributed by atoms with Gasteiger partial charge in [-0.3, -0.25) is 4.79 Å². The lowest BCUT2D eigenvalue weighted by Gasteiger charge is -2.22. The third kappa shape index (κ3) is 3.77. The first-order valence-corrected chi connectivity index (χ1v) is 11.8. The second-order valence-corrected chi connectivity index (χ2v) is 10.0. The highest BCUT2D eigenvalue weighted by molar-refractivity contribution is 7.89. The van der Waals surface area contributed by atoms with Crippen molar-refractivity contribution in [1.82, 2.24) is 18.4 Å². The van der Waals surface area contributed by atoms with Crippen molar-refractivity contribution < 1.29 is 13.2 Å². The molecule has 2 fully saturated rings. The van der Waals surface area contributed by atoms with Gasteiger partial charge in [0.2, 0.25) is 10.0 Å². The van der Waals surface area contributed by atoms with Gasteiger partial charge in [0.25, 0.3) is 5.91 Å². The van der Waals surface area contributed by atoms with Crippen molar-refractivity contribution in [2.75, 3.05) is 0 Å². The molecule has 7 nitrogen and oxygen atoms in total. The molecular formula is C20H20N4O3S2. The van der Waals surface area contributed by atoms with Gasteiger partial charge in [0.1, 0.15) is 15.9 Å². The summed E-state index contributed by atoms with van der Waals surface area (Å²) in [7, 11) is -3.71. The van der Waals surface area contributed by atoms with Crippen molar-refractivity contribution in [3.63, 3.8) is 0 Å². The molecule has 0 bridgehead atoms. The molecule has 3 aromatic rings. The smallest absolute Gasteiger partial charge is 0.251 e. The first-order valence-electron chi connectivity index (χ1n) is 9.65. The maximum Gasteiger partial charge on any atom is 0.251 e. The van der Waals surface area contributed by atoms with Crippen LogP contribution in [0.25, 0.3) is 11.0 Å². The summed E-state index contributed by atoms with van der Waals surface area (Å²) in [4.78, 5) is 12.4. The molecule has 0 saturated heterocycles. The van der Waals surface area contributed by atoms with Crippen LogP contribution in [-0.2, 0) is 16.6 Å². The largest absolute Gasteiger partial charge is 0.349 e. The molecule has 5 rings (SSSR count). The van der Waals surface area contributed by atoms with Gasteiger partial charge in [-0.15, -0.1) is 0 Å². The number of carbonyl (C=O) groups excluding carboxylic acids is 1. The van der Waals surface area contributed by atoms with E-state index in [2.05, 4.69) is 14.1 Å².